The van der Waals surface area contributed by atoms with Crippen molar-refractivity contribution >= 4 is 82.4 Å². The van der Waals surface area contributed by atoms with E-state index in [2.05, 4.69) is 20.8 Å². The number of rotatable bonds is 12. The third kappa shape index (κ3) is 8.61. The number of piperidine rings is 1. The van der Waals surface area contributed by atoms with Gasteiger partial charge in [-0.15, -0.1) is 47.9 Å². The second-order valence-corrected chi connectivity index (χ2v) is 16.3. The van der Waals surface area contributed by atoms with Crippen LogP contribution in [0.4, 0.5) is 5.13 Å². The number of hydrogen-bond acceptors (Lipinski definition) is 11. The molecule has 8 rings (SSSR count). The Labute approximate surface area is 362 Å². The maximum Gasteiger partial charge on any atom is 0.352 e. The lowest BCUT2D eigenvalue weighted by Gasteiger charge is -2.49. The average molecular weight is 877 g/mol. The van der Waals surface area contributed by atoms with Crippen LogP contribution in [0, 0.1) is 5.92 Å². The van der Waals surface area contributed by atoms with E-state index in [4.69, 9.17) is 10.6 Å². The number of nitrogens with zero attached hydrogens (tertiary/aromatic N) is 4. The molecule has 308 valence electrons. The van der Waals surface area contributed by atoms with E-state index in [1.807, 2.05) is 95.9 Å². The topological polar surface area (TPSA) is 180 Å². The highest BCUT2D eigenvalue weighted by Gasteiger charge is 2.54. The number of carbonyl (C=O) groups excluding carboxylic acids is 3. The van der Waals surface area contributed by atoms with Crippen LogP contribution in [-0.2, 0) is 29.6 Å². The van der Waals surface area contributed by atoms with Crippen LogP contribution in [0.2, 0.25) is 0 Å². The third-order valence-corrected chi connectivity index (χ3v) is 12.8. The van der Waals surface area contributed by atoms with Crippen molar-refractivity contribution in [3.8, 4) is 0 Å². The zero-order valence-corrected chi connectivity index (χ0v) is 35.0. The molecule has 0 bridgehead atoms. The molecule has 4 aliphatic rings. The minimum atomic E-state index is -1.31. The number of nitrogens with one attached hydrogen (secondary N) is 2. The van der Waals surface area contributed by atoms with E-state index in [0.29, 0.717) is 36.6 Å². The first kappa shape index (κ1) is 43.4. The van der Waals surface area contributed by atoms with Crippen LogP contribution in [0.5, 0.6) is 0 Å². The molecule has 3 amide bonds. The maximum absolute atomic E-state index is 14.3. The third-order valence-electron chi connectivity index (χ3n) is 10.8. The molecule has 5 N–H and O–H groups in total. The number of allylic oxidation sites excluding steroid dienone is 1. The number of fused-ring (bicyclic) bond motifs is 1. The Morgan fingerprint density at radius 1 is 0.966 bits per heavy atom. The summed E-state index contributed by atoms with van der Waals surface area (Å²) in [6, 6.07) is 27.5. The molecular formula is C42H43Cl2N7O6S2. The number of aromatic nitrogens is 1. The Morgan fingerprint density at radius 3 is 2.10 bits per heavy atom. The Morgan fingerprint density at radius 2 is 1.56 bits per heavy atom. The van der Waals surface area contributed by atoms with Gasteiger partial charge in [-0.25, -0.2) is 9.78 Å². The second-order valence-electron chi connectivity index (χ2n) is 14.3. The number of likely N-dealkylation sites (tertiary alicyclic amines) is 1. The normalized spacial score (nSPS) is 20.3. The fraction of sp³-hybridized carbons (Fsp3) is 0.286. The predicted molar refractivity (Wildman–Crippen MR) is 232 cm³/mol. The molecule has 3 saturated heterocycles. The number of benzene rings is 3. The summed E-state index contributed by atoms with van der Waals surface area (Å²) in [6.07, 6.45) is 4.17. The highest BCUT2D eigenvalue weighted by molar-refractivity contribution is 8.00. The van der Waals surface area contributed by atoms with Crippen LogP contribution in [0.1, 0.15) is 41.6 Å². The molecule has 13 nitrogen and oxygen atoms in total. The van der Waals surface area contributed by atoms with E-state index in [9.17, 15) is 24.3 Å². The fourth-order valence-corrected chi connectivity index (χ4v) is 9.77. The number of oxime groups is 1. The molecule has 2 atom stereocenters. The van der Waals surface area contributed by atoms with Crippen molar-refractivity contribution in [1.29, 1.82) is 0 Å². The molecular weight excluding hydrogens is 834 g/mol. The van der Waals surface area contributed by atoms with Crippen molar-refractivity contribution in [2.24, 2.45) is 11.1 Å². The number of carboxylic acids is 1. The van der Waals surface area contributed by atoms with Crippen LogP contribution < -0.4 is 16.4 Å². The first-order valence-corrected chi connectivity index (χ1v) is 20.7. The summed E-state index contributed by atoms with van der Waals surface area (Å²) in [7, 11) is 0. The minimum absolute atomic E-state index is 0. The van der Waals surface area contributed by atoms with Gasteiger partial charge in [0.1, 0.15) is 22.8 Å². The van der Waals surface area contributed by atoms with Crippen LogP contribution >= 0.6 is 47.9 Å². The Bertz CT molecular complexity index is 2170. The molecule has 1 aromatic heterocycles. The number of thioether (sulfide) groups is 1. The maximum atomic E-state index is 14.3. The second kappa shape index (κ2) is 18.8. The highest BCUT2D eigenvalue weighted by atomic mass is 35.5. The molecule has 0 unspecified atom stereocenters. The highest BCUT2D eigenvalue weighted by Crippen LogP contribution is 2.43. The number of thiazole rings is 1. The number of carbonyl (C=O) groups is 4. The van der Waals surface area contributed by atoms with Crippen molar-refractivity contribution < 1.29 is 29.1 Å². The van der Waals surface area contributed by atoms with E-state index in [0.717, 1.165) is 54.0 Å². The van der Waals surface area contributed by atoms with Gasteiger partial charge >= 0.3 is 5.97 Å². The SMILES string of the molecule is Cl.Cl.Nc1nc(C(=NOC(c2ccccc2)(c2ccccc2)c2ccccc2)C(=O)N[C@@H]2C(=O)N3C(C(=O)O)=C(C=C4CCN(CC5CCNCC5)C4=O)CS[C@H]23)cs1. The van der Waals surface area contributed by atoms with Gasteiger partial charge in [-0.05, 0) is 49.9 Å². The minimum Gasteiger partial charge on any atom is -0.477 e. The zero-order valence-electron chi connectivity index (χ0n) is 31.7. The van der Waals surface area contributed by atoms with Gasteiger partial charge in [-0.1, -0.05) is 96.2 Å². The number of amides is 3. The van der Waals surface area contributed by atoms with Crippen LogP contribution in [0.25, 0.3) is 0 Å². The number of carboxylic acid groups (broad SMARTS) is 1. The number of halogens is 2. The fourth-order valence-electron chi connectivity index (χ4n) is 7.92. The van der Waals surface area contributed by atoms with E-state index < -0.39 is 34.8 Å². The smallest absolute Gasteiger partial charge is 0.352 e. The molecule has 59 heavy (non-hydrogen) atoms. The van der Waals surface area contributed by atoms with E-state index in [1.54, 1.807) is 11.5 Å². The summed E-state index contributed by atoms with van der Waals surface area (Å²) in [6.45, 7) is 3.14. The summed E-state index contributed by atoms with van der Waals surface area (Å²) in [5.74, 6) is -2.05. The Hall–Kier alpha value is -5.19. The van der Waals surface area contributed by atoms with Gasteiger partial charge in [-0.3, -0.25) is 19.3 Å². The molecule has 3 fully saturated rings. The molecule has 0 aliphatic carbocycles. The average Bonchev–Trinajstić information content (AvgIpc) is 3.83. The van der Waals surface area contributed by atoms with Gasteiger partial charge < -0.3 is 31.2 Å². The van der Waals surface area contributed by atoms with Crippen LogP contribution in [-0.4, -0.2) is 92.6 Å². The number of aliphatic carboxylic acids is 1. The molecule has 0 saturated carbocycles. The lowest BCUT2D eigenvalue weighted by molar-refractivity contribution is -0.150. The van der Waals surface area contributed by atoms with Gasteiger partial charge in [0, 0.05) is 46.5 Å². The Kier molecular flexibility index (Phi) is 13.8. The lowest BCUT2D eigenvalue weighted by Crippen LogP contribution is -2.71. The van der Waals surface area contributed by atoms with Gasteiger partial charge in [-0.2, -0.15) is 0 Å². The lowest BCUT2D eigenvalue weighted by atomic mass is 9.80. The van der Waals surface area contributed by atoms with Gasteiger partial charge in [0.05, 0.1) is 0 Å². The van der Waals surface area contributed by atoms with Crippen LogP contribution in [0.15, 0.2) is 124 Å². The van der Waals surface area contributed by atoms with E-state index in [1.165, 1.54) is 16.7 Å². The first-order valence-electron chi connectivity index (χ1n) is 18.8. The molecule has 0 spiro atoms. The number of anilines is 1. The van der Waals surface area contributed by atoms with Gasteiger partial charge in [0.15, 0.2) is 10.8 Å². The molecule has 0 radical (unpaired) electrons. The standard InChI is InChI=1S/C42H41N7O6S2.2ClH/c43-41-45-32(25-57-41)33(47-55-42(29-10-4-1-5-11-29,30-12-6-2-7-13-30)31-14-8-3-9-15-31)36(50)46-34-38(52)49-35(40(53)54)28(24-56-39(34)49)22-27-18-21-48(37(27)51)23-26-16-19-44-20-17-26;;/h1-15,22,25-26,34,39,44H,16-21,23-24H2,(H2,43,45)(H,46,50)(H,53,54);2*1H/t34-,39-;;/m1../s1. The summed E-state index contributed by atoms with van der Waals surface area (Å²) in [5.41, 5.74) is 7.63. The molecule has 4 aliphatic heterocycles. The number of β-lactam (4-membered cyclic amide) rings is 1. The summed E-state index contributed by atoms with van der Waals surface area (Å²) < 4.78 is 0. The largest absolute Gasteiger partial charge is 0.477 e. The summed E-state index contributed by atoms with van der Waals surface area (Å²) in [4.78, 5) is 68.1. The zero-order chi connectivity index (χ0) is 39.5. The molecule has 5 heterocycles. The number of hydrogen-bond donors (Lipinski definition) is 4. The van der Waals surface area contributed by atoms with Gasteiger partial charge in [0.2, 0.25) is 11.5 Å². The summed E-state index contributed by atoms with van der Waals surface area (Å²) in [5, 5.41) is 22.1. The van der Waals surface area contributed by atoms with Crippen molar-refractivity contribution in [2.75, 3.05) is 37.7 Å². The number of nitrogen functional groups attached to an aromatic ring is 1. The van der Waals surface area contributed by atoms with Crippen molar-refractivity contribution in [2.45, 2.75) is 36.3 Å². The Balaban J connectivity index is 0.00000293. The monoisotopic (exact) mass is 875 g/mol. The van der Waals surface area contributed by atoms with Crippen molar-refractivity contribution in [1.82, 2.24) is 25.4 Å². The van der Waals surface area contributed by atoms with Crippen LogP contribution in [0.3, 0.4) is 0 Å². The summed E-state index contributed by atoms with van der Waals surface area (Å²) >= 11 is 2.44. The molecule has 17 heteroatoms. The van der Waals surface area contributed by atoms with E-state index >= 15 is 0 Å². The van der Waals surface area contributed by atoms with Crippen molar-refractivity contribution in [3.63, 3.8) is 0 Å². The van der Waals surface area contributed by atoms with Gasteiger partial charge in [0.25, 0.3) is 11.8 Å². The van der Waals surface area contributed by atoms with Crippen molar-refractivity contribution in [3.05, 3.63) is 142 Å². The molecule has 3 aromatic carbocycles. The number of nitrogens with two attached hydrogens (primary N) is 1. The first-order chi connectivity index (χ1) is 27.7. The quantitative estimate of drug-likeness (QED) is 0.0488. The predicted octanol–water partition coefficient (Wildman–Crippen LogP) is 5.18. The van der Waals surface area contributed by atoms with E-state index in [-0.39, 0.29) is 58.7 Å². The molecule has 4 aromatic rings.